The molecule has 0 unspecified atom stereocenters. The van der Waals surface area contributed by atoms with E-state index in [1.807, 2.05) is 0 Å². The number of halogens is 2. The lowest BCUT2D eigenvalue weighted by atomic mass is 10.2. The third kappa shape index (κ3) is 3.66. The summed E-state index contributed by atoms with van der Waals surface area (Å²) in [6, 6.07) is 4.93. The van der Waals surface area contributed by atoms with E-state index in [1.165, 1.54) is 18.9 Å². The minimum absolute atomic E-state index is 0.190. The molecule has 0 heterocycles. The lowest BCUT2D eigenvalue weighted by molar-refractivity contribution is 0.628. The van der Waals surface area contributed by atoms with Gasteiger partial charge in [-0.15, -0.1) is 0 Å². The summed E-state index contributed by atoms with van der Waals surface area (Å²) < 4.78 is 14.1. The lowest BCUT2D eigenvalue weighted by Gasteiger charge is -2.07. The van der Waals surface area contributed by atoms with Gasteiger partial charge in [0, 0.05) is 11.0 Å². The monoisotopic (exact) mass is 259 g/mol. The van der Waals surface area contributed by atoms with Crippen molar-refractivity contribution < 1.29 is 4.39 Å². The molecule has 0 bridgehead atoms. The first-order chi connectivity index (χ1) is 6.74. The topological polar surface area (TPSA) is 12.0 Å². The fourth-order valence-electron chi connectivity index (χ4n) is 1.23. The van der Waals surface area contributed by atoms with Crippen LogP contribution < -0.4 is 5.32 Å². The van der Waals surface area contributed by atoms with Crippen molar-refractivity contribution in [3.05, 3.63) is 28.5 Å². The molecular formula is C11H15BrFN. The zero-order valence-corrected chi connectivity index (χ0v) is 9.90. The minimum atomic E-state index is -0.190. The van der Waals surface area contributed by atoms with Gasteiger partial charge in [0.2, 0.25) is 0 Å². The molecule has 1 nitrogen and oxygen atoms in total. The summed E-state index contributed by atoms with van der Waals surface area (Å²) in [5, 5.41) is 3.08. The summed E-state index contributed by atoms with van der Waals surface area (Å²) in [7, 11) is 0. The molecule has 0 atom stereocenters. The first-order valence-corrected chi connectivity index (χ1v) is 5.72. The Hall–Kier alpha value is -0.570. The summed E-state index contributed by atoms with van der Waals surface area (Å²) >= 11 is 3.31. The van der Waals surface area contributed by atoms with Crippen LogP contribution in [0.4, 0.5) is 10.1 Å². The van der Waals surface area contributed by atoms with E-state index >= 15 is 0 Å². The Kier molecular flexibility index (Phi) is 4.94. The van der Waals surface area contributed by atoms with E-state index in [9.17, 15) is 4.39 Å². The van der Waals surface area contributed by atoms with Gasteiger partial charge in [-0.3, -0.25) is 0 Å². The number of hydrogen-bond donors (Lipinski definition) is 1. The zero-order chi connectivity index (χ0) is 10.4. The molecule has 0 amide bonds. The molecule has 1 N–H and O–H groups in total. The van der Waals surface area contributed by atoms with Crippen LogP contribution in [0.3, 0.4) is 0 Å². The van der Waals surface area contributed by atoms with Gasteiger partial charge in [-0.1, -0.05) is 35.7 Å². The van der Waals surface area contributed by atoms with Crippen LogP contribution in [0.25, 0.3) is 0 Å². The SMILES string of the molecule is CCCCCNc1cc(Br)ccc1F. The highest BCUT2D eigenvalue weighted by Crippen LogP contribution is 2.19. The van der Waals surface area contributed by atoms with Crippen LogP contribution in [-0.2, 0) is 0 Å². The molecular weight excluding hydrogens is 245 g/mol. The van der Waals surface area contributed by atoms with Crippen molar-refractivity contribution >= 4 is 21.6 Å². The van der Waals surface area contributed by atoms with Crippen molar-refractivity contribution in [3.8, 4) is 0 Å². The van der Waals surface area contributed by atoms with Gasteiger partial charge in [-0.05, 0) is 24.6 Å². The van der Waals surface area contributed by atoms with E-state index in [4.69, 9.17) is 0 Å². The van der Waals surface area contributed by atoms with Gasteiger partial charge in [0.15, 0.2) is 0 Å². The molecule has 0 radical (unpaired) electrons. The summed E-state index contributed by atoms with van der Waals surface area (Å²) in [6.45, 7) is 2.99. The number of hydrogen-bond acceptors (Lipinski definition) is 1. The molecule has 1 aromatic carbocycles. The Bertz CT molecular complexity index is 289. The van der Waals surface area contributed by atoms with Crippen LogP contribution in [0.15, 0.2) is 22.7 Å². The highest BCUT2D eigenvalue weighted by atomic mass is 79.9. The van der Waals surface area contributed by atoms with Crippen LogP contribution in [0, 0.1) is 5.82 Å². The predicted molar refractivity (Wildman–Crippen MR) is 62.1 cm³/mol. The van der Waals surface area contributed by atoms with Crippen LogP contribution >= 0.6 is 15.9 Å². The maximum Gasteiger partial charge on any atom is 0.146 e. The Balaban J connectivity index is 2.45. The van der Waals surface area contributed by atoms with Gasteiger partial charge >= 0.3 is 0 Å². The maximum atomic E-state index is 13.2. The molecule has 0 saturated carbocycles. The Morgan fingerprint density at radius 3 is 2.86 bits per heavy atom. The smallest absolute Gasteiger partial charge is 0.146 e. The van der Waals surface area contributed by atoms with Crippen molar-refractivity contribution in [1.29, 1.82) is 0 Å². The lowest BCUT2D eigenvalue weighted by Crippen LogP contribution is -2.03. The predicted octanol–water partition coefficient (Wildman–Crippen LogP) is 4.19. The Labute approximate surface area is 92.8 Å². The summed E-state index contributed by atoms with van der Waals surface area (Å²) in [4.78, 5) is 0. The third-order valence-electron chi connectivity index (χ3n) is 2.02. The molecule has 1 aromatic rings. The molecule has 0 aromatic heterocycles. The number of unbranched alkanes of at least 4 members (excludes halogenated alkanes) is 2. The van der Waals surface area contributed by atoms with E-state index in [0.29, 0.717) is 5.69 Å². The summed E-state index contributed by atoms with van der Waals surface area (Å²) in [5.74, 6) is -0.190. The van der Waals surface area contributed by atoms with E-state index < -0.39 is 0 Å². The van der Waals surface area contributed by atoms with E-state index in [1.54, 1.807) is 12.1 Å². The van der Waals surface area contributed by atoms with Crippen molar-refractivity contribution in [2.45, 2.75) is 26.2 Å². The van der Waals surface area contributed by atoms with Crippen LogP contribution in [0.5, 0.6) is 0 Å². The molecule has 0 fully saturated rings. The minimum Gasteiger partial charge on any atom is -0.383 e. The summed E-state index contributed by atoms with van der Waals surface area (Å²) in [5.41, 5.74) is 0.579. The second-order valence-electron chi connectivity index (χ2n) is 3.26. The second-order valence-corrected chi connectivity index (χ2v) is 4.17. The average molecular weight is 260 g/mol. The first-order valence-electron chi connectivity index (χ1n) is 4.93. The van der Waals surface area contributed by atoms with Gasteiger partial charge in [-0.2, -0.15) is 0 Å². The third-order valence-corrected chi connectivity index (χ3v) is 2.52. The Morgan fingerprint density at radius 2 is 2.14 bits per heavy atom. The van der Waals surface area contributed by atoms with Crippen molar-refractivity contribution in [3.63, 3.8) is 0 Å². The van der Waals surface area contributed by atoms with E-state index in [0.717, 1.165) is 17.4 Å². The van der Waals surface area contributed by atoms with Crippen LogP contribution in [0.2, 0.25) is 0 Å². The van der Waals surface area contributed by atoms with E-state index in [-0.39, 0.29) is 5.82 Å². The molecule has 3 heteroatoms. The van der Waals surface area contributed by atoms with Crippen molar-refractivity contribution in [1.82, 2.24) is 0 Å². The van der Waals surface area contributed by atoms with Crippen LogP contribution in [-0.4, -0.2) is 6.54 Å². The second kappa shape index (κ2) is 6.02. The maximum absolute atomic E-state index is 13.2. The van der Waals surface area contributed by atoms with Gasteiger partial charge < -0.3 is 5.32 Å². The number of anilines is 1. The molecule has 0 saturated heterocycles. The number of benzene rings is 1. The molecule has 0 aliphatic rings. The van der Waals surface area contributed by atoms with Gasteiger partial charge in [0.25, 0.3) is 0 Å². The summed E-state index contributed by atoms with van der Waals surface area (Å²) in [6.07, 6.45) is 3.45. The number of rotatable bonds is 5. The molecule has 0 spiro atoms. The van der Waals surface area contributed by atoms with Crippen molar-refractivity contribution in [2.24, 2.45) is 0 Å². The zero-order valence-electron chi connectivity index (χ0n) is 8.32. The van der Waals surface area contributed by atoms with Gasteiger partial charge in [0.05, 0.1) is 5.69 Å². The van der Waals surface area contributed by atoms with Crippen molar-refractivity contribution in [2.75, 3.05) is 11.9 Å². The fraction of sp³-hybridized carbons (Fsp3) is 0.455. The highest BCUT2D eigenvalue weighted by molar-refractivity contribution is 9.10. The quantitative estimate of drug-likeness (QED) is 0.783. The molecule has 14 heavy (non-hydrogen) atoms. The molecule has 78 valence electrons. The number of nitrogens with one attached hydrogen (secondary N) is 1. The standard InChI is InChI=1S/C11H15BrFN/c1-2-3-4-7-14-11-8-9(12)5-6-10(11)13/h5-6,8,14H,2-4,7H2,1H3. The van der Waals surface area contributed by atoms with E-state index in [2.05, 4.69) is 28.2 Å². The van der Waals surface area contributed by atoms with Crippen LogP contribution in [0.1, 0.15) is 26.2 Å². The Morgan fingerprint density at radius 1 is 1.36 bits per heavy atom. The fourth-order valence-corrected chi connectivity index (χ4v) is 1.59. The largest absolute Gasteiger partial charge is 0.383 e. The van der Waals surface area contributed by atoms with Gasteiger partial charge in [0.1, 0.15) is 5.82 Å². The van der Waals surface area contributed by atoms with Gasteiger partial charge in [-0.25, -0.2) is 4.39 Å². The molecule has 1 rings (SSSR count). The highest BCUT2D eigenvalue weighted by Gasteiger charge is 2.00. The molecule has 0 aliphatic heterocycles. The average Bonchev–Trinajstić information content (AvgIpc) is 2.18. The molecule has 0 aliphatic carbocycles. The normalized spacial score (nSPS) is 10.2. The first kappa shape index (κ1) is 11.5.